The lowest BCUT2D eigenvalue weighted by Gasteiger charge is -2.38. The smallest absolute Gasteiger partial charge is 0.329 e. The molecule has 2 amide bonds. The molecule has 0 spiro atoms. The molecule has 1 aliphatic heterocycles. The highest BCUT2D eigenvalue weighted by Gasteiger charge is 2.36. The van der Waals surface area contributed by atoms with Crippen LogP contribution in [0.5, 0.6) is 5.75 Å². The lowest BCUT2D eigenvalue weighted by molar-refractivity contribution is -0.384. The van der Waals surface area contributed by atoms with Gasteiger partial charge in [0.15, 0.2) is 0 Å². The fourth-order valence-electron chi connectivity index (χ4n) is 3.57. The van der Waals surface area contributed by atoms with E-state index < -0.39 is 11.0 Å². The molecule has 7 nitrogen and oxygen atoms in total. The number of hydrogen-bond acceptors (Lipinski definition) is 4. The summed E-state index contributed by atoms with van der Waals surface area (Å²) in [5.41, 5.74) is 2.08. The van der Waals surface area contributed by atoms with Crippen molar-refractivity contribution >= 4 is 62.2 Å². The van der Waals surface area contributed by atoms with Gasteiger partial charge in [0.25, 0.3) is 5.69 Å². The number of carbonyl (C=O) groups excluding carboxylic acids is 1. The number of rotatable bonds is 5. The van der Waals surface area contributed by atoms with Gasteiger partial charge < -0.3 is 9.64 Å². The molecule has 10 heteroatoms. The van der Waals surface area contributed by atoms with Crippen molar-refractivity contribution in [3.05, 3.63) is 90.4 Å². The van der Waals surface area contributed by atoms with Crippen LogP contribution in [0.1, 0.15) is 11.1 Å². The fraction of sp³-hybridized carbons (Fsp3) is 0.136. The van der Waals surface area contributed by atoms with Crippen LogP contribution in [-0.4, -0.2) is 23.0 Å². The minimum Gasteiger partial charge on any atom is -0.497 e. The van der Waals surface area contributed by atoms with Crippen molar-refractivity contribution in [3.8, 4) is 5.75 Å². The number of nitro groups is 1. The first-order valence-electron chi connectivity index (χ1n) is 9.43. The fourth-order valence-corrected chi connectivity index (χ4v) is 4.70. The highest BCUT2D eigenvalue weighted by Crippen LogP contribution is 2.45. The van der Waals surface area contributed by atoms with E-state index in [0.29, 0.717) is 28.0 Å². The number of amides is 2. The Kier molecular flexibility index (Phi) is 6.28. The van der Waals surface area contributed by atoms with Gasteiger partial charge in [-0.25, -0.2) is 4.79 Å². The van der Waals surface area contributed by atoms with Gasteiger partial charge in [-0.3, -0.25) is 15.0 Å². The van der Waals surface area contributed by atoms with E-state index >= 15 is 0 Å². The van der Waals surface area contributed by atoms with Gasteiger partial charge in [-0.2, -0.15) is 0 Å². The number of para-hydroxylation sites is 1. The molecule has 0 atom stereocenters. The standard InChI is InChI=1S/C22H16BrCl2N3O4/c1-32-15-7-5-13(6-8-15)11-26-12-16-17(23)9-14(28(30)31)10-20(16)27(22(26)29)21-18(24)3-2-4-19(21)25/h2-10H,11-12H2,1H3. The molecule has 0 aliphatic carbocycles. The number of hydrogen-bond donors (Lipinski definition) is 0. The van der Waals surface area contributed by atoms with E-state index in [1.165, 1.54) is 17.0 Å². The van der Waals surface area contributed by atoms with Crippen LogP contribution in [0.15, 0.2) is 59.1 Å². The molecule has 0 saturated heterocycles. The Labute approximate surface area is 202 Å². The number of halogens is 3. The second-order valence-corrected chi connectivity index (χ2v) is 8.74. The summed E-state index contributed by atoms with van der Waals surface area (Å²) in [5.74, 6) is 0.712. The van der Waals surface area contributed by atoms with Crippen molar-refractivity contribution in [2.45, 2.75) is 13.1 Å². The molecular formula is C22H16BrCl2N3O4. The predicted octanol–water partition coefficient (Wildman–Crippen LogP) is 6.95. The molecule has 164 valence electrons. The number of nitrogens with zero attached hydrogens (tertiary/aromatic N) is 3. The van der Waals surface area contributed by atoms with Crippen molar-refractivity contribution in [2.75, 3.05) is 12.0 Å². The van der Waals surface area contributed by atoms with E-state index in [9.17, 15) is 14.9 Å². The molecule has 0 aromatic heterocycles. The minimum absolute atomic E-state index is 0.153. The van der Waals surface area contributed by atoms with E-state index in [1.807, 2.05) is 24.3 Å². The van der Waals surface area contributed by atoms with Crippen molar-refractivity contribution in [3.63, 3.8) is 0 Å². The number of non-ortho nitro benzene ring substituents is 1. The summed E-state index contributed by atoms with van der Waals surface area (Å²) in [6, 6.07) is 14.7. The second-order valence-electron chi connectivity index (χ2n) is 7.07. The quantitative estimate of drug-likeness (QED) is 0.261. The summed E-state index contributed by atoms with van der Waals surface area (Å²) in [6.07, 6.45) is 0. The summed E-state index contributed by atoms with van der Waals surface area (Å²) in [5, 5.41) is 12.0. The molecule has 0 radical (unpaired) electrons. The third-order valence-corrected chi connectivity index (χ3v) is 6.43. The highest BCUT2D eigenvalue weighted by atomic mass is 79.9. The zero-order chi connectivity index (χ0) is 23.0. The number of anilines is 2. The Morgan fingerprint density at radius 3 is 2.38 bits per heavy atom. The van der Waals surface area contributed by atoms with Gasteiger partial charge >= 0.3 is 6.03 Å². The molecule has 1 heterocycles. The Bertz CT molecular complexity index is 1200. The summed E-state index contributed by atoms with van der Waals surface area (Å²) in [6.45, 7) is 0.557. The highest BCUT2D eigenvalue weighted by molar-refractivity contribution is 9.10. The summed E-state index contributed by atoms with van der Waals surface area (Å²) >= 11 is 16.3. The van der Waals surface area contributed by atoms with Crippen molar-refractivity contribution in [1.82, 2.24) is 4.90 Å². The van der Waals surface area contributed by atoms with Crippen LogP contribution in [-0.2, 0) is 13.1 Å². The summed E-state index contributed by atoms with van der Waals surface area (Å²) < 4.78 is 5.71. The number of benzene rings is 3. The third-order valence-electron chi connectivity index (χ3n) is 5.11. The average Bonchev–Trinajstić information content (AvgIpc) is 2.76. The first-order valence-corrected chi connectivity index (χ1v) is 11.0. The summed E-state index contributed by atoms with van der Waals surface area (Å²) in [7, 11) is 1.59. The largest absolute Gasteiger partial charge is 0.497 e. The van der Waals surface area contributed by atoms with Crippen LogP contribution in [0.3, 0.4) is 0 Å². The maximum atomic E-state index is 13.6. The zero-order valence-electron chi connectivity index (χ0n) is 16.7. The SMILES string of the molecule is COc1ccc(CN2Cc3c(Br)cc([N+](=O)[O-])cc3N(c3c(Cl)cccc3Cl)C2=O)cc1. The number of fused-ring (bicyclic) bond motifs is 1. The lowest BCUT2D eigenvalue weighted by atomic mass is 10.1. The Balaban J connectivity index is 1.84. The lowest BCUT2D eigenvalue weighted by Crippen LogP contribution is -2.44. The van der Waals surface area contributed by atoms with Gasteiger partial charge in [0.1, 0.15) is 5.75 Å². The van der Waals surface area contributed by atoms with Crippen LogP contribution in [0.2, 0.25) is 10.0 Å². The van der Waals surface area contributed by atoms with E-state index in [2.05, 4.69) is 15.9 Å². The van der Waals surface area contributed by atoms with Crippen LogP contribution in [0.25, 0.3) is 0 Å². The van der Waals surface area contributed by atoms with Crippen LogP contribution in [0.4, 0.5) is 21.9 Å². The predicted molar refractivity (Wildman–Crippen MR) is 127 cm³/mol. The monoisotopic (exact) mass is 535 g/mol. The van der Waals surface area contributed by atoms with Crippen LogP contribution in [0, 0.1) is 10.1 Å². The van der Waals surface area contributed by atoms with Gasteiger partial charge in [0, 0.05) is 28.7 Å². The van der Waals surface area contributed by atoms with Crippen LogP contribution >= 0.6 is 39.1 Å². The average molecular weight is 537 g/mol. The molecule has 1 aliphatic rings. The van der Waals surface area contributed by atoms with E-state index in [4.69, 9.17) is 27.9 Å². The Morgan fingerprint density at radius 2 is 1.78 bits per heavy atom. The number of methoxy groups -OCH3 is 1. The van der Waals surface area contributed by atoms with Gasteiger partial charge in [-0.1, -0.05) is 57.3 Å². The van der Waals surface area contributed by atoms with Crippen molar-refractivity contribution in [2.24, 2.45) is 0 Å². The molecule has 0 fully saturated rings. The molecule has 3 aromatic rings. The molecule has 3 aromatic carbocycles. The maximum absolute atomic E-state index is 13.6. The van der Waals surface area contributed by atoms with E-state index in [0.717, 1.165) is 5.56 Å². The molecule has 4 rings (SSSR count). The number of ether oxygens (including phenoxy) is 1. The van der Waals surface area contributed by atoms with Crippen LogP contribution < -0.4 is 9.64 Å². The Morgan fingerprint density at radius 1 is 1.12 bits per heavy atom. The number of nitro benzene ring substituents is 1. The maximum Gasteiger partial charge on any atom is 0.329 e. The molecule has 0 unspecified atom stereocenters. The third kappa shape index (κ3) is 4.13. The zero-order valence-corrected chi connectivity index (χ0v) is 19.8. The topological polar surface area (TPSA) is 75.9 Å². The number of urea groups is 1. The Hall–Kier alpha value is -2.81. The van der Waals surface area contributed by atoms with Gasteiger partial charge in [0.05, 0.1) is 40.0 Å². The molecule has 0 saturated carbocycles. The van der Waals surface area contributed by atoms with Gasteiger partial charge in [-0.05, 0) is 29.8 Å². The first kappa shape index (κ1) is 22.4. The first-order chi connectivity index (χ1) is 15.3. The number of carbonyl (C=O) groups is 1. The molecule has 0 bridgehead atoms. The molecule has 32 heavy (non-hydrogen) atoms. The molecule has 0 N–H and O–H groups in total. The van der Waals surface area contributed by atoms with Crippen molar-refractivity contribution in [1.29, 1.82) is 0 Å². The normalized spacial score (nSPS) is 13.2. The van der Waals surface area contributed by atoms with E-state index in [-0.39, 0.29) is 28.0 Å². The van der Waals surface area contributed by atoms with Crippen molar-refractivity contribution < 1.29 is 14.5 Å². The van der Waals surface area contributed by atoms with Gasteiger partial charge in [0.2, 0.25) is 0 Å². The molecular weight excluding hydrogens is 521 g/mol. The van der Waals surface area contributed by atoms with E-state index in [1.54, 1.807) is 30.2 Å². The second kappa shape index (κ2) is 8.97. The van der Waals surface area contributed by atoms with Gasteiger partial charge in [-0.15, -0.1) is 0 Å². The minimum atomic E-state index is -0.508. The summed E-state index contributed by atoms with van der Waals surface area (Å²) in [4.78, 5) is 27.6.